The summed E-state index contributed by atoms with van der Waals surface area (Å²) in [4.78, 5) is 9.96. The number of hydrogen-bond donors (Lipinski definition) is 1. The minimum absolute atomic E-state index is 0.287. The van der Waals surface area contributed by atoms with Crippen LogP contribution in [0.3, 0.4) is 0 Å². The number of likely N-dealkylation sites (N-methyl/N-ethyl adjacent to an activating group) is 1. The van der Waals surface area contributed by atoms with E-state index in [0.29, 0.717) is 17.6 Å². The Morgan fingerprint density at radius 1 is 1.56 bits per heavy atom. The third-order valence-corrected chi connectivity index (χ3v) is 3.03. The van der Waals surface area contributed by atoms with E-state index in [-0.39, 0.29) is 5.82 Å². The lowest BCUT2D eigenvalue weighted by Crippen LogP contribution is -2.37. The van der Waals surface area contributed by atoms with Gasteiger partial charge in [-0.2, -0.15) is 0 Å². The lowest BCUT2D eigenvalue weighted by molar-refractivity contribution is 0.567. The van der Waals surface area contributed by atoms with Crippen molar-refractivity contribution in [2.45, 2.75) is 25.8 Å². The van der Waals surface area contributed by atoms with Crippen LogP contribution in [0.4, 0.5) is 10.2 Å². The van der Waals surface area contributed by atoms with Gasteiger partial charge in [-0.3, -0.25) is 0 Å². The van der Waals surface area contributed by atoms with Gasteiger partial charge in [0.25, 0.3) is 0 Å². The maximum Gasteiger partial charge on any atom is 0.186 e. The van der Waals surface area contributed by atoms with Crippen LogP contribution in [-0.2, 0) is 0 Å². The molecule has 0 aromatic carbocycles. The van der Waals surface area contributed by atoms with Gasteiger partial charge in [0, 0.05) is 19.1 Å². The number of rotatable bonds is 3. The van der Waals surface area contributed by atoms with Gasteiger partial charge in [-0.05, 0) is 26.8 Å². The van der Waals surface area contributed by atoms with E-state index in [2.05, 4.69) is 15.3 Å². The van der Waals surface area contributed by atoms with Gasteiger partial charge < -0.3 is 10.2 Å². The number of nitrogens with zero attached hydrogens (tertiary/aromatic N) is 3. The first kappa shape index (κ1) is 11.3. The van der Waals surface area contributed by atoms with Gasteiger partial charge in [0.15, 0.2) is 11.6 Å². The smallest absolute Gasteiger partial charge is 0.186 e. The number of halogens is 1. The summed E-state index contributed by atoms with van der Waals surface area (Å²) in [7, 11) is 1.91. The highest BCUT2D eigenvalue weighted by atomic mass is 19.1. The zero-order valence-corrected chi connectivity index (χ0v) is 9.70. The van der Waals surface area contributed by atoms with Gasteiger partial charge in [-0.1, -0.05) is 0 Å². The van der Waals surface area contributed by atoms with Crippen LogP contribution in [0.5, 0.6) is 0 Å². The first-order valence-corrected chi connectivity index (χ1v) is 5.62. The normalized spacial score (nSPS) is 20.4. The summed E-state index contributed by atoms with van der Waals surface area (Å²) < 4.78 is 13.9. The fourth-order valence-corrected chi connectivity index (χ4v) is 2.21. The zero-order valence-electron chi connectivity index (χ0n) is 9.70. The molecule has 0 radical (unpaired) electrons. The van der Waals surface area contributed by atoms with Crippen molar-refractivity contribution in [2.24, 2.45) is 0 Å². The molecule has 1 unspecified atom stereocenters. The Balaban J connectivity index is 2.25. The molecule has 1 aromatic heterocycles. The predicted octanol–water partition coefficient (Wildman–Crippen LogP) is 1.11. The van der Waals surface area contributed by atoms with E-state index in [9.17, 15) is 4.39 Å². The van der Waals surface area contributed by atoms with Crippen molar-refractivity contribution < 1.29 is 4.39 Å². The molecule has 0 amide bonds. The van der Waals surface area contributed by atoms with Crippen molar-refractivity contribution in [1.29, 1.82) is 0 Å². The van der Waals surface area contributed by atoms with Crippen LogP contribution in [-0.4, -0.2) is 36.1 Å². The molecular weight excluding hydrogens is 207 g/mol. The third kappa shape index (κ3) is 2.00. The standard InChI is InChI=1S/C11H17FN4/c1-8-10(12)11(15-7-14-8)16-5-3-4-9(16)6-13-2/h7,9,13H,3-6H2,1-2H3. The first-order valence-electron chi connectivity index (χ1n) is 5.62. The summed E-state index contributed by atoms with van der Waals surface area (Å²) in [6.07, 6.45) is 3.61. The van der Waals surface area contributed by atoms with Crippen LogP contribution in [0, 0.1) is 12.7 Å². The van der Waals surface area contributed by atoms with E-state index in [0.717, 1.165) is 25.9 Å². The van der Waals surface area contributed by atoms with Crippen molar-refractivity contribution >= 4 is 5.82 Å². The number of aryl methyl sites for hydroxylation is 1. The van der Waals surface area contributed by atoms with Gasteiger partial charge in [0.05, 0.1) is 5.69 Å². The molecule has 88 valence electrons. The topological polar surface area (TPSA) is 41.0 Å². The molecule has 5 heteroatoms. The molecule has 1 N–H and O–H groups in total. The van der Waals surface area contributed by atoms with Crippen molar-refractivity contribution in [1.82, 2.24) is 15.3 Å². The third-order valence-electron chi connectivity index (χ3n) is 3.03. The average Bonchev–Trinajstić information content (AvgIpc) is 2.71. The van der Waals surface area contributed by atoms with Gasteiger partial charge in [0.1, 0.15) is 6.33 Å². The fourth-order valence-electron chi connectivity index (χ4n) is 2.21. The van der Waals surface area contributed by atoms with E-state index in [1.807, 2.05) is 11.9 Å². The lowest BCUT2D eigenvalue weighted by Gasteiger charge is -2.25. The molecule has 2 heterocycles. The average molecular weight is 224 g/mol. The molecule has 0 saturated carbocycles. The molecule has 1 aliphatic rings. The summed E-state index contributed by atoms with van der Waals surface area (Å²) in [5.74, 6) is 0.163. The minimum Gasteiger partial charge on any atom is -0.350 e. The van der Waals surface area contributed by atoms with E-state index in [4.69, 9.17) is 0 Å². The number of anilines is 1. The first-order chi connectivity index (χ1) is 7.74. The quantitative estimate of drug-likeness (QED) is 0.835. The highest BCUT2D eigenvalue weighted by Crippen LogP contribution is 2.26. The molecule has 4 nitrogen and oxygen atoms in total. The van der Waals surface area contributed by atoms with Crippen LogP contribution in [0.25, 0.3) is 0 Å². The maximum absolute atomic E-state index is 13.9. The van der Waals surface area contributed by atoms with Crippen LogP contribution in [0.1, 0.15) is 18.5 Å². The molecule has 0 spiro atoms. The Morgan fingerprint density at radius 2 is 2.38 bits per heavy atom. The van der Waals surface area contributed by atoms with Crippen LogP contribution in [0.15, 0.2) is 6.33 Å². The fraction of sp³-hybridized carbons (Fsp3) is 0.636. The molecule has 0 bridgehead atoms. The van der Waals surface area contributed by atoms with E-state index >= 15 is 0 Å². The second-order valence-corrected chi connectivity index (χ2v) is 4.14. The zero-order chi connectivity index (χ0) is 11.5. The lowest BCUT2D eigenvalue weighted by atomic mass is 10.2. The summed E-state index contributed by atoms with van der Waals surface area (Å²) >= 11 is 0. The molecule has 0 aliphatic carbocycles. The van der Waals surface area contributed by atoms with Crippen molar-refractivity contribution in [3.05, 3.63) is 17.8 Å². The second-order valence-electron chi connectivity index (χ2n) is 4.14. The molecule has 16 heavy (non-hydrogen) atoms. The summed E-state index contributed by atoms with van der Waals surface area (Å²) in [5.41, 5.74) is 0.417. The Kier molecular flexibility index (Phi) is 3.33. The number of aromatic nitrogens is 2. The number of hydrogen-bond acceptors (Lipinski definition) is 4. The Bertz CT molecular complexity index is 369. The van der Waals surface area contributed by atoms with Crippen LogP contribution < -0.4 is 10.2 Å². The number of nitrogens with one attached hydrogen (secondary N) is 1. The Hall–Kier alpha value is -1.23. The molecule has 1 fully saturated rings. The molecule has 1 saturated heterocycles. The second kappa shape index (κ2) is 4.74. The van der Waals surface area contributed by atoms with Gasteiger partial charge >= 0.3 is 0 Å². The van der Waals surface area contributed by atoms with Crippen molar-refractivity contribution in [3.8, 4) is 0 Å². The molecule has 1 aliphatic heterocycles. The van der Waals surface area contributed by atoms with Gasteiger partial charge in [-0.15, -0.1) is 0 Å². The highest BCUT2D eigenvalue weighted by molar-refractivity contribution is 5.43. The van der Waals surface area contributed by atoms with E-state index in [1.165, 1.54) is 6.33 Å². The summed E-state index contributed by atoms with van der Waals surface area (Å²) in [6.45, 7) is 3.41. The van der Waals surface area contributed by atoms with E-state index in [1.54, 1.807) is 6.92 Å². The molecular formula is C11H17FN4. The van der Waals surface area contributed by atoms with Crippen LogP contribution in [0.2, 0.25) is 0 Å². The van der Waals surface area contributed by atoms with Gasteiger partial charge in [-0.25, -0.2) is 14.4 Å². The predicted molar refractivity (Wildman–Crippen MR) is 61.0 cm³/mol. The van der Waals surface area contributed by atoms with Gasteiger partial charge in [0.2, 0.25) is 0 Å². The largest absolute Gasteiger partial charge is 0.350 e. The van der Waals surface area contributed by atoms with Crippen molar-refractivity contribution in [3.63, 3.8) is 0 Å². The summed E-state index contributed by atoms with van der Waals surface area (Å²) in [5, 5.41) is 3.14. The highest BCUT2D eigenvalue weighted by Gasteiger charge is 2.27. The molecule has 2 rings (SSSR count). The maximum atomic E-state index is 13.9. The Morgan fingerprint density at radius 3 is 3.12 bits per heavy atom. The Labute approximate surface area is 94.9 Å². The van der Waals surface area contributed by atoms with E-state index < -0.39 is 0 Å². The minimum atomic E-state index is -0.287. The molecule has 1 atom stereocenters. The SMILES string of the molecule is CNCC1CCCN1c1ncnc(C)c1F. The van der Waals surface area contributed by atoms with Crippen LogP contribution >= 0.6 is 0 Å². The summed E-state index contributed by atoms with van der Waals surface area (Å²) in [6, 6.07) is 0.341. The monoisotopic (exact) mass is 224 g/mol. The van der Waals surface area contributed by atoms with Crippen molar-refractivity contribution in [2.75, 3.05) is 25.0 Å². The molecule has 1 aromatic rings.